The van der Waals surface area contributed by atoms with Crippen LogP contribution in [0.3, 0.4) is 0 Å². The van der Waals surface area contributed by atoms with Gasteiger partial charge in [0.2, 0.25) is 5.95 Å². The molecular weight excluding hydrogens is 269 g/mol. The summed E-state index contributed by atoms with van der Waals surface area (Å²) in [4.78, 5) is 7.35. The molecule has 0 radical (unpaired) electrons. The number of nitrogens with one attached hydrogen (secondary N) is 2. The Morgan fingerprint density at radius 3 is 3.00 bits per heavy atom. The van der Waals surface area contributed by atoms with Gasteiger partial charge in [-0.25, -0.2) is 9.37 Å². The highest BCUT2D eigenvalue weighted by Gasteiger charge is 2.03. The molecule has 0 unspecified atom stereocenters. The third kappa shape index (κ3) is 3.31. The first-order valence-corrected chi connectivity index (χ1v) is 6.79. The van der Waals surface area contributed by atoms with Crippen LogP contribution in [0.2, 0.25) is 0 Å². The Bertz CT molecular complexity index is 754. The zero-order valence-corrected chi connectivity index (χ0v) is 11.7. The van der Waals surface area contributed by atoms with Gasteiger partial charge in [0.1, 0.15) is 18.2 Å². The van der Waals surface area contributed by atoms with Crippen LogP contribution in [0.15, 0.2) is 42.5 Å². The lowest BCUT2D eigenvalue weighted by atomic mass is 10.2. The number of rotatable bonds is 5. The van der Waals surface area contributed by atoms with Gasteiger partial charge in [-0.15, -0.1) is 0 Å². The number of nitrogens with zero attached hydrogens (tertiary/aromatic N) is 1. The van der Waals surface area contributed by atoms with Gasteiger partial charge in [0, 0.05) is 0 Å². The van der Waals surface area contributed by atoms with Gasteiger partial charge >= 0.3 is 0 Å². The second kappa shape index (κ2) is 5.83. The summed E-state index contributed by atoms with van der Waals surface area (Å²) in [6, 6.07) is 12.4. The second-order valence-electron chi connectivity index (χ2n) is 4.84. The third-order valence-electron chi connectivity index (χ3n) is 3.10. The van der Waals surface area contributed by atoms with Crippen LogP contribution in [-0.4, -0.2) is 23.1 Å². The molecule has 3 aromatic rings. The molecule has 0 saturated carbocycles. The van der Waals surface area contributed by atoms with E-state index in [0.717, 1.165) is 11.3 Å². The quantitative estimate of drug-likeness (QED) is 0.705. The molecule has 21 heavy (non-hydrogen) atoms. The molecule has 108 valence electrons. The lowest BCUT2D eigenvalue weighted by molar-refractivity contribution is 0.332. The molecule has 0 aliphatic heterocycles. The molecule has 1 aromatic heterocycles. The summed E-state index contributed by atoms with van der Waals surface area (Å²) in [5.74, 6) is 1.19. The molecule has 2 N–H and O–H groups in total. The summed E-state index contributed by atoms with van der Waals surface area (Å²) in [6.45, 7) is 3.16. The van der Waals surface area contributed by atoms with E-state index in [1.165, 1.54) is 17.7 Å². The Morgan fingerprint density at radius 2 is 2.14 bits per heavy atom. The summed E-state index contributed by atoms with van der Waals surface area (Å²) >= 11 is 0. The fourth-order valence-electron chi connectivity index (χ4n) is 2.11. The largest absolute Gasteiger partial charge is 0.492 e. The molecule has 0 saturated heterocycles. The van der Waals surface area contributed by atoms with E-state index in [0.29, 0.717) is 24.6 Å². The Hall–Kier alpha value is -2.56. The standard InChI is InChI=1S/C16H16FN3O/c1-11-3-2-4-13(9-11)21-8-7-18-16-19-14-6-5-12(17)10-15(14)20-16/h2-6,9-10H,7-8H2,1H3,(H2,18,19,20). The first-order valence-electron chi connectivity index (χ1n) is 6.79. The Labute approximate surface area is 122 Å². The van der Waals surface area contributed by atoms with Crippen LogP contribution in [-0.2, 0) is 0 Å². The first-order chi connectivity index (χ1) is 10.2. The molecule has 2 aromatic carbocycles. The van der Waals surface area contributed by atoms with Crippen molar-refractivity contribution in [1.29, 1.82) is 0 Å². The summed E-state index contributed by atoms with van der Waals surface area (Å²) in [5.41, 5.74) is 2.58. The third-order valence-corrected chi connectivity index (χ3v) is 3.10. The fourth-order valence-corrected chi connectivity index (χ4v) is 2.11. The number of aromatic amines is 1. The smallest absolute Gasteiger partial charge is 0.201 e. The maximum atomic E-state index is 13.1. The SMILES string of the molecule is Cc1cccc(OCCNc2nc3ccc(F)cc3[nH]2)c1. The Kier molecular flexibility index (Phi) is 3.73. The molecule has 0 aliphatic carbocycles. The summed E-state index contributed by atoms with van der Waals surface area (Å²) in [6.07, 6.45) is 0. The van der Waals surface area contributed by atoms with Crippen molar-refractivity contribution in [2.45, 2.75) is 6.92 Å². The van der Waals surface area contributed by atoms with E-state index in [9.17, 15) is 4.39 Å². The molecule has 0 atom stereocenters. The highest BCUT2D eigenvalue weighted by Crippen LogP contribution is 2.15. The van der Waals surface area contributed by atoms with Crippen LogP contribution in [0.5, 0.6) is 5.75 Å². The van der Waals surface area contributed by atoms with Gasteiger partial charge in [-0.3, -0.25) is 0 Å². The van der Waals surface area contributed by atoms with Gasteiger partial charge in [-0.05, 0) is 42.8 Å². The minimum absolute atomic E-state index is 0.277. The number of imidazole rings is 1. The van der Waals surface area contributed by atoms with Gasteiger partial charge < -0.3 is 15.0 Å². The van der Waals surface area contributed by atoms with E-state index < -0.39 is 0 Å². The summed E-state index contributed by atoms with van der Waals surface area (Å²) < 4.78 is 18.7. The lowest BCUT2D eigenvalue weighted by Crippen LogP contribution is -2.12. The number of anilines is 1. The predicted molar refractivity (Wildman–Crippen MR) is 81.2 cm³/mol. The van der Waals surface area contributed by atoms with E-state index in [1.54, 1.807) is 6.07 Å². The van der Waals surface area contributed by atoms with Crippen LogP contribution < -0.4 is 10.1 Å². The number of ether oxygens (including phenoxy) is 1. The molecule has 5 heteroatoms. The summed E-state index contributed by atoms with van der Waals surface area (Å²) in [7, 11) is 0. The molecule has 0 bridgehead atoms. The maximum Gasteiger partial charge on any atom is 0.201 e. The van der Waals surface area contributed by atoms with Crippen molar-refractivity contribution in [2.24, 2.45) is 0 Å². The number of aryl methyl sites for hydroxylation is 1. The first kappa shape index (κ1) is 13.4. The Balaban J connectivity index is 1.54. The minimum atomic E-state index is -0.277. The number of aromatic nitrogens is 2. The number of hydrogen-bond donors (Lipinski definition) is 2. The zero-order valence-electron chi connectivity index (χ0n) is 11.7. The number of hydrogen-bond acceptors (Lipinski definition) is 3. The Morgan fingerprint density at radius 1 is 1.24 bits per heavy atom. The van der Waals surface area contributed by atoms with Crippen LogP contribution in [0.25, 0.3) is 11.0 Å². The molecule has 0 fully saturated rings. The molecule has 0 spiro atoms. The molecular formula is C16H16FN3O. The number of benzene rings is 2. The van der Waals surface area contributed by atoms with E-state index in [-0.39, 0.29) is 5.82 Å². The van der Waals surface area contributed by atoms with E-state index >= 15 is 0 Å². The molecule has 0 amide bonds. The number of fused-ring (bicyclic) bond motifs is 1. The highest BCUT2D eigenvalue weighted by atomic mass is 19.1. The van der Waals surface area contributed by atoms with Crippen LogP contribution in [0.1, 0.15) is 5.56 Å². The normalized spacial score (nSPS) is 10.8. The second-order valence-corrected chi connectivity index (χ2v) is 4.84. The van der Waals surface area contributed by atoms with Gasteiger partial charge in [0.05, 0.1) is 17.6 Å². The zero-order chi connectivity index (χ0) is 14.7. The monoisotopic (exact) mass is 285 g/mol. The minimum Gasteiger partial charge on any atom is -0.492 e. The van der Waals surface area contributed by atoms with Crippen LogP contribution >= 0.6 is 0 Å². The van der Waals surface area contributed by atoms with Crippen LogP contribution in [0, 0.1) is 12.7 Å². The van der Waals surface area contributed by atoms with Crippen molar-refractivity contribution in [2.75, 3.05) is 18.5 Å². The average Bonchev–Trinajstić information content (AvgIpc) is 2.85. The van der Waals surface area contributed by atoms with Gasteiger partial charge in [0.25, 0.3) is 0 Å². The van der Waals surface area contributed by atoms with E-state index in [2.05, 4.69) is 15.3 Å². The van der Waals surface area contributed by atoms with Crippen LogP contribution in [0.4, 0.5) is 10.3 Å². The molecule has 3 rings (SSSR count). The van der Waals surface area contributed by atoms with Crippen molar-refractivity contribution >= 4 is 17.0 Å². The lowest BCUT2D eigenvalue weighted by Gasteiger charge is -2.07. The maximum absolute atomic E-state index is 13.1. The topological polar surface area (TPSA) is 49.9 Å². The van der Waals surface area contributed by atoms with Gasteiger partial charge in [-0.2, -0.15) is 0 Å². The number of H-pyrrole nitrogens is 1. The molecule has 0 aliphatic rings. The van der Waals surface area contributed by atoms with Crippen molar-refractivity contribution < 1.29 is 9.13 Å². The van der Waals surface area contributed by atoms with Gasteiger partial charge in [0.15, 0.2) is 0 Å². The number of halogens is 1. The highest BCUT2D eigenvalue weighted by molar-refractivity contribution is 5.77. The van der Waals surface area contributed by atoms with Gasteiger partial charge in [-0.1, -0.05) is 12.1 Å². The van der Waals surface area contributed by atoms with Crippen molar-refractivity contribution in [3.63, 3.8) is 0 Å². The average molecular weight is 285 g/mol. The van der Waals surface area contributed by atoms with Crippen molar-refractivity contribution in [3.8, 4) is 5.75 Å². The van der Waals surface area contributed by atoms with E-state index in [4.69, 9.17) is 4.74 Å². The van der Waals surface area contributed by atoms with Crippen molar-refractivity contribution in [3.05, 3.63) is 53.8 Å². The summed E-state index contributed by atoms with van der Waals surface area (Å²) in [5, 5.41) is 3.12. The predicted octanol–water partition coefficient (Wildman–Crippen LogP) is 3.50. The van der Waals surface area contributed by atoms with Crippen molar-refractivity contribution in [1.82, 2.24) is 9.97 Å². The fraction of sp³-hybridized carbons (Fsp3) is 0.188. The molecule has 4 nitrogen and oxygen atoms in total. The molecule has 1 heterocycles. The van der Waals surface area contributed by atoms with E-state index in [1.807, 2.05) is 31.2 Å².